The van der Waals surface area contributed by atoms with Crippen LogP contribution < -0.4 is 0 Å². The first-order valence-corrected chi connectivity index (χ1v) is 6.44. The number of aliphatic hydroxyl groups is 1. The Morgan fingerprint density at radius 2 is 1.89 bits per heavy atom. The Morgan fingerprint density at radius 3 is 2.33 bits per heavy atom. The number of carbonyl (C=O) groups is 2. The summed E-state index contributed by atoms with van der Waals surface area (Å²) in [7, 11) is 1.32. The zero-order chi connectivity index (χ0) is 13.8. The molecular formula is C13H23NO4. The second-order valence-corrected chi connectivity index (χ2v) is 5.35. The Bertz CT molecular complexity index is 303. The molecule has 0 radical (unpaired) electrons. The Hall–Kier alpha value is -1.10. The van der Waals surface area contributed by atoms with E-state index in [0.717, 1.165) is 25.9 Å². The Morgan fingerprint density at radius 1 is 1.33 bits per heavy atom. The minimum atomic E-state index is -1.12. The molecule has 0 aliphatic carbocycles. The predicted octanol–water partition coefficient (Wildman–Crippen LogP) is 0.949. The highest BCUT2D eigenvalue weighted by Gasteiger charge is 2.36. The van der Waals surface area contributed by atoms with Crippen LogP contribution in [-0.4, -0.2) is 47.7 Å². The Kier molecular flexibility index (Phi) is 5.14. The number of esters is 1. The van der Waals surface area contributed by atoms with Crippen LogP contribution in [0, 0.1) is 5.92 Å². The Balaban J connectivity index is 2.65. The number of likely N-dealkylation sites (tertiary alicyclic amines) is 1. The molecule has 0 bridgehead atoms. The normalized spacial score (nSPS) is 17.7. The summed E-state index contributed by atoms with van der Waals surface area (Å²) < 4.78 is 4.57. The van der Waals surface area contributed by atoms with E-state index in [1.807, 2.05) is 0 Å². The van der Waals surface area contributed by atoms with Crippen molar-refractivity contribution in [2.75, 3.05) is 20.2 Å². The number of carbonyl (C=O) groups excluding carboxylic acids is 2. The van der Waals surface area contributed by atoms with Crippen molar-refractivity contribution in [3.63, 3.8) is 0 Å². The van der Waals surface area contributed by atoms with Crippen molar-refractivity contribution in [1.29, 1.82) is 0 Å². The molecule has 0 spiro atoms. The van der Waals surface area contributed by atoms with E-state index in [2.05, 4.69) is 4.74 Å². The van der Waals surface area contributed by atoms with E-state index >= 15 is 0 Å². The average Bonchev–Trinajstić information content (AvgIpc) is 2.80. The van der Waals surface area contributed by atoms with Gasteiger partial charge in [0.15, 0.2) is 0 Å². The zero-order valence-corrected chi connectivity index (χ0v) is 11.4. The molecule has 104 valence electrons. The second-order valence-electron chi connectivity index (χ2n) is 5.35. The fourth-order valence-electron chi connectivity index (χ4n) is 2.30. The lowest BCUT2D eigenvalue weighted by Gasteiger charge is -2.31. The summed E-state index contributed by atoms with van der Waals surface area (Å²) in [4.78, 5) is 25.2. The monoisotopic (exact) mass is 257 g/mol. The number of amides is 1. The highest BCUT2D eigenvalue weighted by atomic mass is 16.5. The van der Waals surface area contributed by atoms with Crippen LogP contribution in [0.1, 0.15) is 39.5 Å². The molecule has 1 amide bonds. The summed E-state index contributed by atoms with van der Waals surface area (Å²) in [5.41, 5.74) is -1.12. The summed E-state index contributed by atoms with van der Waals surface area (Å²) in [6.45, 7) is 4.74. The van der Waals surface area contributed by atoms with Crippen LogP contribution in [0.4, 0.5) is 0 Å². The van der Waals surface area contributed by atoms with Crippen LogP contribution in [0.5, 0.6) is 0 Å². The molecule has 1 atom stereocenters. The number of ether oxygens (including phenoxy) is 1. The number of rotatable bonds is 5. The molecule has 1 fully saturated rings. The van der Waals surface area contributed by atoms with Crippen molar-refractivity contribution < 1.29 is 19.4 Å². The second kappa shape index (κ2) is 6.18. The molecule has 0 aromatic heterocycles. The van der Waals surface area contributed by atoms with Crippen LogP contribution in [0.15, 0.2) is 0 Å². The number of methoxy groups -OCH3 is 1. The van der Waals surface area contributed by atoms with Gasteiger partial charge in [-0.15, -0.1) is 0 Å². The fourth-order valence-corrected chi connectivity index (χ4v) is 2.30. The molecule has 1 rings (SSSR count). The van der Waals surface area contributed by atoms with Gasteiger partial charge in [-0.05, 0) is 33.1 Å². The highest BCUT2D eigenvalue weighted by molar-refractivity contribution is 5.81. The van der Waals surface area contributed by atoms with Gasteiger partial charge in [0.1, 0.15) is 0 Å². The first-order valence-electron chi connectivity index (χ1n) is 6.44. The summed E-state index contributed by atoms with van der Waals surface area (Å²) in [6, 6.07) is 0. The van der Waals surface area contributed by atoms with Gasteiger partial charge in [0.25, 0.3) is 0 Å². The van der Waals surface area contributed by atoms with Crippen LogP contribution in [0.3, 0.4) is 0 Å². The summed E-state index contributed by atoms with van der Waals surface area (Å²) in [5.74, 6) is -0.947. The van der Waals surface area contributed by atoms with E-state index < -0.39 is 11.5 Å². The molecular weight excluding hydrogens is 234 g/mol. The summed E-state index contributed by atoms with van der Waals surface area (Å²) in [6.07, 6.45) is 2.51. The molecule has 1 saturated heterocycles. The maximum atomic E-state index is 12.3. The van der Waals surface area contributed by atoms with E-state index in [0.29, 0.717) is 6.42 Å². The van der Waals surface area contributed by atoms with Gasteiger partial charge in [-0.3, -0.25) is 9.59 Å². The lowest BCUT2D eigenvalue weighted by Crippen LogP contribution is -2.44. The minimum Gasteiger partial charge on any atom is -0.469 e. The van der Waals surface area contributed by atoms with Crippen molar-refractivity contribution in [2.24, 2.45) is 5.92 Å². The van der Waals surface area contributed by atoms with Crippen LogP contribution in [0.2, 0.25) is 0 Å². The van der Waals surface area contributed by atoms with Crippen LogP contribution >= 0.6 is 0 Å². The molecule has 18 heavy (non-hydrogen) atoms. The lowest BCUT2D eigenvalue weighted by atomic mass is 9.86. The van der Waals surface area contributed by atoms with Crippen molar-refractivity contribution in [1.82, 2.24) is 4.90 Å². The van der Waals surface area contributed by atoms with E-state index in [-0.39, 0.29) is 18.3 Å². The maximum Gasteiger partial charge on any atom is 0.305 e. The van der Waals surface area contributed by atoms with E-state index in [4.69, 9.17) is 0 Å². The SMILES string of the molecule is COC(=O)CC[C@H](C(=O)N1CCCC1)C(C)(C)O. The molecule has 0 unspecified atom stereocenters. The summed E-state index contributed by atoms with van der Waals surface area (Å²) >= 11 is 0. The van der Waals surface area contributed by atoms with Gasteiger partial charge >= 0.3 is 5.97 Å². The fraction of sp³-hybridized carbons (Fsp3) is 0.846. The van der Waals surface area contributed by atoms with Crippen molar-refractivity contribution in [3.05, 3.63) is 0 Å². The standard InChI is InChI=1S/C13H23NO4/c1-13(2,17)10(6-7-11(15)18-3)12(16)14-8-4-5-9-14/h10,17H,4-9H2,1-3H3/t10-/m1/s1. The first-order chi connectivity index (χ1) is 8.36. The molecule has 1 aliphatic rings. The molecule has 1 N–H and O–H groups in total. The third-order valence-electron chi connectivity index (χ3n) is 3.43. The van der Waals surface area contributed by atoms with Gasteiger partial charge in [-0.1, -0.05) is 0 Å². The molecule has 0 saturated carbocycles. The molecule has 0 aromatic rings. The largest absolute Gasteiger partial charge is 0.469 e. The topological polar surface area (TPSA) is 66.8 Å². The van der Waals surface area contributed by atoms with Gasteiger partial charge in [0, 0.05) is 19.5 Å². The molecule has 0 aromatic carbocycles. The van der Waals surface area contributed by atoms with E-state index in [1.165, 1.54) is 7.11 Å². The van der Waals surface area contributed by atoms with Gasteiger partial charge in [-0.2, -0.15) is 0 Å². The summed E-state index contributed by atoms with van der Waals surface area (Å²) in [5, 5.41) is 10.1. The molecule has 1 aliphatic heterocycles. The number of hydrogen-bond donors (Lipinski definition) is 1. The van der Waals surface area contributed by atoms with Gasteiger partial charge in [0.2, 0.25) is 5.91 Å². The van der Waals surface area contributed by atoms with Crippen LogP contribution in [-0.2, 0) is 14.3 Å². The molecule has 5 heteroatoms. The van der Waals surface area contributed by atoms with Gasteiger partial charge < -0.3 is 14.7 Å². The van der Waals surface area contributed by atoms with Gasteiger partial charge in [0.05, 0.1) is 18.6 Å². The molecule has 1 heterocycles. The highest BCUT2D eigenvalue weighted by Crippen LogP contribution is 2.26. The van der Waals surface area contributed by atoms with E-state index in [1.54, 1.807) is 18.7 Å². The van der Waals surface area contributed by atoms with Gasteiger partial charge in [-0.25, -0.2) is 0 Å². The quantitative estimate of drug-likeness (QED) is 0.745. The predicted molar refractivity (Wildman–Crippen MR) is 66.9 cm³/mol. The average molecular weight is 257 g/mol. The molecule has 5 nitrogen and oxygen atoms in total. The number of nitrogens with zero attached hydrogens (tertiary/aromatic N) is 1. The third kappa shape index (κ3) is 3.98. The first kappa shape index (κ1) is 15.0. The van der Waals surface area contributed by atoms with Crippen molar-refractivity contribution >= 4 is 11.9 Å². The maximum absolute atomic E-state index is 12.3. The Labute approximate surface area is 108 Å². The third-order valence-corrected chi connectivity index (χ3v) is 3.43. The van der Waals surface area contributed by atoms with Crippen molar-refractivity contribution in [3.8, 4) is 0 Å². The lowest BCUT2D eigenvalue weighted by molar-refractivity contribution is -0.145. The van der Waals surface area contributed by atoms with Crippen LogP contribution in [0.25, 0.3) is 0 Å². The minimum absolute atomic E-state index is 0.0519. The van der Waals surface area contributed by atoms with E-state index in [9.17, 15) is 14.7 Å². The van der Waals surface area contributed by atoms with Crippen molar-refractivity contribution in [2.45, 2.75) is 45.1 Å². The zero-order valence-electron chi connectivity index (χ0n) is 11.4. The number of hydrogen-bond acceptors (Lipinski definition) is 4. The smallest absolute Gasteiger partial charge is 0.305 e.